The summed E-state index contributed by atoms with van der Waals surface area (Å²) < 4.78 is 10.7. The van der Waals surface area contributed by atoms with Crippen LogP contribution in [0.5, 0.6) is 11.5 Å². The molecule has 29 heavy (non-hydrogen) atoms. The van der Waals surface area contributed by atoms with E-state index in [1.54, 1.807) is 35.5 Å². The molecule has 1 aromatic heterocycles. The van der Waals surface area contributed by atoms with Crippen LogP contribution in [0.4, 0.5) is 0 Å². The lowest BCUT2D eigenvalue weighted by atomic mass is 10.1. The minimum Gasteiger partial charge on any atom is -0.454 e. The first kappa shape index (κ1) is 17.5. The quantitative estimate of drug-likeness (QED) is 0.723. The monoisotopic (exact) mass is 392 g/mol. The number of imidazole rings is 1. The molecular weight excluding hydrogens is 372 g/mol. The normalized spacial score (nSPS) is 16.1. The molecule has 0 saturated carbocycles. The summed E-state index contributed by atoms with van der Waals surface area (Å²) in [6.07, 6.45) is 2.35. The van der Waals surface area contributed by atoms with Gasteiger partial charge < -0.3 is 24.3 Å². The number of hydrogen-bond acceptors (Lipinski definition) is 5. The molecule has 0 radical (unpaired) electrons. The molecule has 148 valence electrons. The highest BCUT2D eigenvalue weighted by Gasteiger charge is 2.25. The summed E-state index contributed by atoms with van der Waals surface area (Å²) in [4.78, 5) is 36.7. The standard InChI is InChI=1S/C21H20N4O4/c26-20(14-2-4-16-17(10-14)23-12-22-16)24-6-1-7-25(9-8-24)21(27)15-3-5-18-19(11-15)29-13-28-18/h2-5,10-12H,1,6-9,13H2,(H,22,23). The Morgan fingerprint density at radius 3 is 2.34 bits per heavy atom. The van der Waals surface area contributed by atoms with Gasteiger partial charge in [-0.25, -0.2) is 4.98 Å². The fourth-order valence-electron chi connectivity index (χ4n) is 3.79. The number of H-pyrrole nitrogens is 1. The van der Waals surface area contributed by atoms with Crippen molar-refractivity contribution in [3.05, 3.63) is 53.9 Å². The number of hydrogen-bond donors (Lipinski definition) is 1. The Labute approximate surface area is 167 Å². The fraction of sp³-hybridized carbons (Fsp3) is 0.286. The molecule has 3 aromatic rings. The first-order chi connectivity index (χ1) is 14.2. The number of rotatable bonds is 2. The van der Waals surface area contributed by atoms with E-state index in [2.05, 4.69) is 9.97 Å². The Morgan fingerprint density at radius 2 is 1.55 bits per heavy atom. The number of carbonyl (C=O) groups excluding carboxylic acids is 2. The number of nitrogens with zero attached hydrogens (tertiary/aromatic N) is 3. The van der Waals surface area contributed by atoms with Crippen LogP contribution in [0.25, 0.3) is 11.0 Å². The van der Waals surface area contributed by atoms with E-state index in [-0.39, 0.29) is 18.6 Å². The van der Waals surface area contributed by atoms with Gasteiger partial charge in [0.05, 0.1) is 17.4 Å². The van der Waals surface area contributed by atoms with E-state index in [0.29, 0.717) is 48.8 Å². The van der Waals surface area contributed by atoms with Crippen LogP contribution in [0, 0.1) is 0 Å². The molecule has 1 N–H and O–H groups in total. The van der Waals surface area contributed by atoms with Gasteiger partial charge in [0.2, 0.25) is 6.79 Å². The lowest BCUT2D eigenvalue weighted by molar-refractivity contribution is 0.0718. The van der Waals surface area contributed by atoms with Crippen molar-refractivity contribution in [3.63, 3.8) is 0 Å². The second-order valence-corrected chi connectivity index (χ2v) is 7.14. The predicted octanol–water partition coefficient (Wildman–Crippen LogP) is 2.28. The molecule has 8 heteroatoms. The molecule has 2 aromatic carbocycles. The van der Waals surface area contributed by atoms with Crippen molar-refractivity contribution in [2.45, 2.75) is 6.42 Å². The Bertz CT molecular complexity index is 1090. The van der Waals surface area contributed by atoms with Crippen LogP contribution in [-0.4, -0.2) is 64.6 Å². The molecular formula is C21H20N4O4. The van der Waals surface area contributed by atoms with Gasteiger partial charge in [0, 0.05) is 37.3 Å². The lowest BCUT2D eigenvalue weighted by Gasteiger charge is -2.22. The van der Waals surface area contributed by atoms with E-state index in [0.717, 1.165) is 17.5 Å². The van der Waals surface area contributed by atoms with Gasteiger partial charge in [-0.1, -0.05) is 0 Å². The Balaban J connectivity index is 1.28. The summed E-state index contributed by atoms with van der Waals surface area (Å²) in [6.45, 7) is 2.39. The van der Waals surface area contributed by atoms with Crippen LogP contribution in [0.1, 0.15) is 27.1 Å². The summed E-state index contributed by atoms with van der Waals surface area (Å²) in [5.74, 6) is 1.16. The van der Waals surface area contributed by atoms with Crippen molar-refractivity contribution in [1.82, 2.24) is 19.8 Å². The zero-order valence-electron chi connectivity index (χ0n) is 15.8. The van der Waals surface area contributed by atoms with Crippen LogP contribution < -0.4 is 9.47 Å². The summed E-state index contributed by atoms with van der Waals surface area (Å²) in [5, 5.41) is 0. The average molecular weight is 392 g/mol. The van der Waals surface area contributed by atoms with E-state index in [1.807, 2.05) is 17.0 Å². The van der Waals surface area contributed by atoms with Gasteiger partial charge in [0.25, 0.3) is 11.8 Å². The van der Waals surface area contributed by atoms with Crippen LogP contribution in [0.2, 0.25) is 0 Å². The van der Waals surface area contributed by atoms with Crippen molar-refractivity contribution in [1.29, 1.82) is 0 Å². The minimum atomic E-state index is -0.0588. The second kappa shape index (κ2) is 7.12. The molecule has 0 atom stereocenters. The molecule has 5 rings (SSSR count). The minimum absolute atomic E-state index is 0.0288. The van der Waals surface area contributed by atoms with E-state index in [4.69, 9.17) is 9.47 Å². The molecule has 3 heterocycles. The maximum Gasteiger partial charge on any atom is 0.254 e. The third-order valence-electron chi connectivity index (χ3n) is 5.36. The summed E-state index contributed by atoms with van der Waals surface area (Å²) in [5.41, 5.74) is 2.86. The number of nitrogens with one attached hydrogen (secondary N) is 1. The van der Waals surface area contributed by atoms with Crippen molar-refractivity contribution < 1.29 is 19.1 Å². The number of fused-ring (bicyclic) bond motifs is 2. The number of aromatic nitrogens is 2. The first-order valence-electron chi connectivity index (χ1n) is 9.60. The van der Waals surface area contributed by atoms with Crippen molar-refractivity contribution in [2.24, 2.45) is 0 Å². The third kappa shape index (κ3) is 3.26. The van der Waals surface area contributed by atoms with Gasteiger partial charge in [-0.3, -0.25) is 9.59 Å². The molecule has 0 spiro atoms. The van der Waals surface area contributed by atoms with E-state index < -0.39 is 0 Å². The van der Waals surface area contributed by atoms with Crippen LogP contribution in [-0.2, 0) is 0 Å². The number of carbonyl (C=O) groups is 2. The highest BCUT2D eigenvalue weighted by molar-refractivity contribution is 5.98. The fourth-order valence-corrected chi connectivity index (χ4v) is 3.79. The van der Waals surface area contributed by atoms with Crippen molar-refractivity contribution >= 4 is 22.8 Å². The zero-order chi connectivity index (χ0) is 19.8. The predicted molar refractivity (Wildman–Crippen MR) is 105 cm³/mol. The topological polar surface area (TPSA) is 87.8 Å². The number of aromatic amines is 1. The Kier molecular flexibility index (Phi) is 4.31. The molecule has 0 aliphatic carbocycles. The van der Waals surface area contributed by atoms with E-state index in [1.165, 1.54) is 0 Å². The SMILES string of the molecule is O=C(c1ccc2c(c1)OCO2)N1CCCN(C(=O)c2ccc3nc[nH]c3c2)CC1. The molecule has 1 saturated heterocycles. The molecule has 1 fully saturated rings. The van der Waals surface area contributed by atoms with Crippen LogP contribution >= 0.6 is 0 Å². The maximum absolute atomic E-state index is 13.0. The maximum atomic E-state index is 13.0. The van der Waals surface area contributed by atoms with E-state index >= 15 is 0 Å². The Morgan fingerprint density at radius 1 is 0.862 bits per heavy atom. The largest absolute Gasteiger partial charge is 0.454 e. The van der Waals surface area contributed by atoms with Gasteiger partial charge in [0.15, 0.2) is 11.5 Å². The van der Waals surface area contributed by atoms with Gasteiger partial charge in [-0.2, -0.15) is 0 Å². The molecule has 0 unspecified atom stereocenters. The summed E-state index contributed by atoms with van der Waals surface area (Å²) in [7, 11) is 0. The Hall–Kier alpha value is -3.55. The molecule has 2 amide bonds. The highest BCUT2D eigenvalue weighted by atomic mass is 16.7. The second-order valence-electron chi connectivity index (χ2n) is 7.14. The zero-order valence-corrected chi connectivity index (χ0v) is 15.8. The summed E-state index contributed by atoms with van der Waals surface area (Å²) >= 11 is 0. The van der Waals surface area contributed by atoms with Crippen molar-refractivity contribution in [2.75, 3.05) is 33.0 Å². The van der Waals surface area contributed by atoms with E-state index in [9.17, 15) is 9.59 Å². The molecule has 2 aliphatic rings. The third-order valence-corrected chi connectivity index (χ3v) is 5.36. The number of benzene rings is 2. The van der Waals surface area contributed by atoms with Gasteiger partial charge in [0.1, 0.15) is 0 Å². The van der Waals surface area contributed by atoms with Crippen LogP contribution in [0.3, 0.4) is 0 Å². The number of amides is 2. The van der Waals surface area contributed by atoms with Crippen LogP contribution in [0.15, 0.2) is 42.7 Å². The van der Waals surface area contributed by atoms with Gasteiger partial charge in [-0.05, 0) is 42.8 Å². The number of ether oxygens (including phenoxy) is 2. The van der Waals surface area contributed by atoms with Gasteiger partial charge >= 0.3 is 0 Å². The van der Waals surface area contributed by atoms with Crippen molar-refractivity contribution in [3.8, 4) is 11.5 Å². The average Bonchev–Trinajstić information content (AvgIpc) is 3.35. The molecule has 8 nitrogen and oxygen atoms in total. The highest BCUT2D eigenvalue weighted by Crippen LogP contribution is 2.32. The molecule has 2 aliphatic heterocycles. The van der Waals surface area contributed by atoms with Gasteiger partial charge in [-0.15, -0.1) is 0 Å². The first-order valence-corrected chi connectivity index (χ1v) is 9.60. The molecule has 0 bridgehead atoms. The summed E-state index contributed by atoms with van der Waals surface area (Å²) in [6, 6.07) is 10.7. The smallest absolute Gasteiger partial charge is 0.254 e. The lowest BCUT2D eigenvalue weighted by Crippen LogP contribution is -2.37.